The van der Waals surface area contributed by atoms with E-state index in [-0.39, 0.29) is 0 Å². The van der Waals surface area contributed by atoms with Gasteiger partial charge in [-0.25, -0.2) is 15.0 Å². The Morgan fingerprint density at radius 1 is 0.528 bits per heavy atom. The molecule has 254 valence electrons. The van der Waals surface area contributed by atoms with Crippen LogP contribution in [-0.2, 0) is 5.41 Å². The van der Waals surface area contributed by atoms with E-state index in [0.29, 0.717) is 28.5 Å². The van der Waals surface area contributed by atoms with E-state index in [2.05, 4.69) is 102 Å². The van der Waals surface area contributed by atoms with Crippen LogP contribution in [0.15, 0.2) is 133 Å². The number of aromatic nitrogens is 4. The first-order valence-corrected chi connectivity index (χ1v) is 19.0. The van der Waals surface area contributed by atoms with Crippen LogP contribution >= 0.6 is 0 Å². The molecule has 4 saturated carbocycles. The van der Waals surface area contributed by atoms with E-state index in [9.17, 15) is 5.26 Å². The van der Waals surface area contributed by atoms with Crippen LogP contribution in [-0.4, -0.2) is 19.5 Å². The number of hydrogen-bond donors (Lipinski definition) is 0. The molecular formula is C48H37N5. The largest absolute Gasteiger partial charge is 0.309 e. The van der Waals surface area contributed by atoms with E-state index in [4.69, 9.17) is 15.0 Å². The van der Waals surface area contributed by atoms with Gasteiger partial charge in [0.15, 0.2) is 17.5 Å². The van der Waals surface area contributed by atoms with Crippen LogP contribution in [0, 0.1) is 29.1 Å². The molecule has 0 saturated heterocycles. The third kappa shape index (κ3) is 5.00. The first-order chi connectivity index (χ1) is 26.1. The maximum Gasteiger partial charge on any atom is 0.164 e. The summed E-state index contributed by atoms with van der Waals surface area (Å²) in [5.41, 5.74) is 8.49. The lowest BCUT2D eigenvalue weighted by molar-refractivity contribution is -0.00518. The molecule has 12 rings (SSSR count). The lowest BCUT2D eigenvalue weighted by atomic mass is 9.48. The van der Waals surface area contributed by atoms with Gasteiger partial charge in [-0.3, -0.25) is 0 Å². The highest BCUT2D eigenvalue weighted by molar-refractivity contribution is 6.10. The van der Waals surface area contributed by atoms with E-state index in [1.807, 2.05) is 42.5 Å². The lowest BCUT2D eigenvalue weighted by Crippen LogP contribution is -2.48. The Labute approximate surface area is 308 Å². The van der Waals surface area contributed by atoms with Crippen LogP contribution < -0.4 is 0 Å². The van der Waals surface area contributed by atoms with Crippen molar-refractivity contribution in [1.29, 1.82) is 5.26 Å². The summed E-state index contributed by atoms with van der Waals surface area (Å²) in [6, 6.07) is 49.2. The van der Waals surface area contributed by atoms with Gasteiger partial charge in [0.2, 0.25) is 0 Å². The smallest absolute Gasteiger partial charge is 0.164 e. The molecule has 2 heterocycles. The van der Waals surface area contributed by atoms with Crippen LogP contribution in [0.4, 0.5) is 0 Å². The molecule has 0 aliphatic heterocycles. The molecule has 8 aromatic rings. The lowest BCUT2D eigenvalue weighted by Gasteiger charge is -2.57. The molecule has 4 bridgehead atoms. The van der Waals surface area contributed by atoms with Crippen molar-refractivity contribution in [2.45, 2.75) is 43.9 Å². The van der Waals surface area contributed by atoms with Gasteiger partial charge in [-0.05, 0) is 114 Å². The predicted molar refractivity (Wildman–Crippen MR) is 213 cm³/mol. The Kier molecular flexibility index (Phi) is 6.73. The number of benzene rings is 6. The van der Waals surface area contributed by atoms with E-state index >= 15 is 0 Å². The summed E-state index contributed by atoms with van der Waals surface area (Å²) in [6.45, 7) is 0. The minimum absolute atomic E-state index is 0.340. The van der Waals surface area contributed by atoms with E-state index in [1.165, 1.54) is 49.5 Å². The minimum Gasteiger partial charge on any atom is -0.309 e. The van der Waals surface area contributed by atoms with Crippen molar-refractivity contribution >= 4 is 32.6 Å². The molecule has 0 radical (unpaired) electrons. The van der Waals surface area contributed by atoms with E-state index < -0.39 is 0 Å². The normalized spacial score (nSPS) is 21.8. The molecule has 4 fully saturated rings. The van der Waals surface area contributed by atoms with E-state index in [1.54, 1.807) is 0 Å². The topological polar surface area (TPSA) is 67.4 Å². The second-order valence-corrected chi connectivity index (χ2v) is 15.9. The summed E-state index contributed by atoms with van der Waals surface area (Å²) < 4.78 is 2.32. The fourth-order valence-electron chi connectivity index (χ4n) is 10.6. The minimum atomic E-state index is 0.340. The highest BCUT2D eigenvalue weighted by atomic mass is 15.0. The Hall–Kier alpha value is -6.12. The SMILES string of the molecule is N#Cc1ccc2c3ccc(-c4nc(-c5ccccc5)nc(-c5ccc6ccccc6c5)n4)cc3n(-c3ccc(C45CC6CC(CC(C6)C4)C5)cc3)c2c1. The highest BCUT2D eigenvalue weighted by Gasteiger charge is 2.51. The molecule has 6 aromatic carbocycles. The van der Waals surface area contributed by atoms with Gasteiger partial charge in [-0.2, -0.15) is 5.26 Å². The summed E-state index contributed by atoms with van der Waals surface area (Å²) in [5, 5.41) is 14.5. The zero-order valence-electron chi connectivity index (χ0n) is 29.4. The summed E-state index contributed by atoms with van der Waals surface area (Å²) in [4.78, 5) is 15.2. The molecule has 0 amide bonds. The summed E-state index contributed by atoms with van der Waals surface area (Å²) in [7, 11) is 0. The Morgan fingerprint density at radius 2 is 1.09 bits per heavy atom. The fraction of sp³-hybridized carbons (Fsp3) is 0.208. The van der Waals surface area contributed by atoms with Crippen molar-refractivity contribution in [2.75, 3.05) is 0 Å². The van der Waals surface area contributed by atoms with Gasteiger partial charge in [0.1, 0.15) is 0 Å². The van der Waals surface area contributed by atoms with Gasteiger partial charge in [-0.15, -0.1) is 0 Å². The highest BCUT2D eigenvalue weighted by Crippen LogP contribution is 2.60. The molecule has 4 aliphatic rings. The van der Waals surface area contributed by atoms with Crippen molar-refractivity contribution in [3.63, 3.8) is 0 Å². The Bertz CT molecular complexity index is 2740. The maximum atomic E-state index is 9.93. The predicted octanol–water partition coefficient (Wildman–Crippen LogP) is 11.5. The quantitative estimate of drug-likeness (QED) is 0.181. The molecular weight excluding hydrogens is 647 g/mol. The molecule has 5 heteroatoms. The first kappa shape index (κ1) is 30.5. The third-order valence-electron chi connectivity index (χ3n) is 12.6. The number of fused-ring (bicyclic) bond motifs is 4. The van der Waals surface area contributed by atoms with Crippen molar-refractivity contribution in [2.24, 2.45) is 17.8 Å². The van der Waals surface area contributed by atoms with Gasteiger partial charge in [-0.1, -0.05) is 97.1 Å². The van der Waals surface area contributed by atoms with Crippen molar-refractivity contribution in [3.05, 3.63) is 145 Å². The van der Waals surface area contributed by atoms with Crippen LogP contribution in [0.25, 0.3) is 72.4 Å². The molecule has 53 heavy (non-hydrogen) atoms. The van der Waals surface area contributed by atoms with Gasteiger partial charge >= 0.3 is 0 Å². The summed E-state index contributed by atoms with van der Waals surface area (Å²) >= 11 is 0. The molecule has 4 aliphatic carbocycles. The number of hydrogen-bond acceptors (Lipinski definition) is 4. The molecule has 0 N–H and O–H groups in total. The Morgan fingerprint density at radius 3 is 1.77 bits per heavy atom. The summed E-state index contributed by atoms with van der Waals surface area (Å²) in [5.74, 6) is 4.61. The van der Waals surface area contributed by atoms with Crippen molar-refractivity contribution < 1.29 is 0 Å². The van der Waals surface area contributed by atoms with E-state index in [0.717, 1.165) is 67.3 Å². The molecule has 0 unspecified atom stereocenters. The average Bonchev–Trinajstić information content (AvgIpc) is 3.53. The standard InChI is InChI=1S/C48H37N5/c49-29-30-10-18-41-42-19-13-38(47-51-45(35-7-2-1-3-8-35)50-46(52-47)37-12-11-34-6-4-5-9-36(34)24-37)25-44(42)53(43(41)23-30)40-16-14-39(15-17-40)48-26-31-20-32(27-48)22-33(21-31)28-48/h1-19,23-25,31-33H,20-22,26-28H2. The van der Waals surface area contributed by atoms with Gasteiger partial charge in [0, 0.05) is 33.2 Å². The number of nitrogens with zero attached hydrogens (tertiary/aromatic N) is 5. The van der Waals surface area contributed by atoms with Gasteiger partial charge in [0.05, 0.1) is 22.7 Å². The number of rotatable bonds is 5. The summed E-state index contributed by atoms with van der Waals surface area (Å²) in [6.07, 6.45) is 8.38. The zero-order chi connectivity index (χ0) is 35.1. The maximum absolute atomic E-state index is 9.93. The second kappa shape index (κ2) is 11.7. The third-order valence-corrected chi connectivity index (χ3v) is 12.6. The van der Waals surface area contributed by atoms with Gasteiger partial charge < -0.3 is 4.57 Å². The fourth-order valence-corrected chi connectivity index (χ4v) is 10.6. The monoisotopic (exact) mass is 683 g/mol. The average molecular weight is 684 g/mol. The molecule has 5 nitrogen and oxygen atoms in total. The van der Waals surface area contributed by atoms with Crippen LogP contribution in [0.3, 0.4) is 0 Å². The zero-order valence-corrected chi connectivity index (χ0v) is 29.4. The van der Waals surface area contributed by atoms with Gasteiger partial charge in [0.25, 0.3) is 0 Å². The molecule has 0 spiro atoms. The second-order valence-electron chi connectivity index (χ2n) is 15.9. The van der Waals surface area contributed by atoms with Crippen LogP contribution in [0.1, 0.15) is 49.7 Å². The van der Waals surface area contributed by atoms with Crippen LogP contribution in [0.2, 0.25) is 0 Å². The number of nitriles is 1. The molecule has 0 atom stereocenters. The first-order valence-electron chi connectivity index (χ1n) is 19.0. The van der Waals surface area contributed by atoms with Crippen molar-refractivity contribution in [3.8, 4) is 45.9 Å². The Balaban J connectivity index is 1.07. The van der Waals surface area contributed by atoms with Crippen LogP contribution in [0.5, 0.6) is 0 Å². The van der Waals surface area contributed by atoms with Crippen molar-refractivity contribution in [1.82, 2.24) is 19.5 Å². The molecule has 2 aromatic heterocycles.